The second-order valence-electron chi connectivity index (χ2n) is 3.65. The summed E-state index contributed by atoms with van der Waals surface area (Å²) in [4.78, 5) is 11.4. The number of furan rings is 1. The van der Waals surface area contributed by atoms with Crippen LogP contribution in [0.15, 0.2) is 16.5 Å². The molecule has 2 aromatic rings. The fraction of sp³-hybridized carbons (Fsp3) is 0.273. The smallest absolute Gasteiger partial charge is 0.341 e. The van der Waals surface area contributed by atoms with Gasteiger partial charge in [0.25, 0.3) is 0 Å². The van der Waals surface area contributed by atoms with E-state index in [-0.39, 0.29) is 0 Å². The van der Waals surface area contributed by atoms with Gasteiger partial charge >= 0.3 is 5.97 Å². The highest BCUT2D eigenvalue weighted by molar-refractivity contribution is 5.91. The number of hydrogen-bond acceptors (Lipinski definition) is 5. The number of aromatic nitrogens is 2. The molecule has 0 unspecified atom stereocenters. The maximum absolute atomic E-state index is 11.4. The molecule has 2 N–H and O–H groups in total. The Balaban J connectivity index is 2.44. The summed E-state index contributed by atoms with van der Waals surface area (Å²) in [7, 11) is 3.06. The van der Waals surface area contributed by atoms with E-state index in [1.54, 1.807) is 26.1 Å². The van der Waals surface area contributed by atoms with Crippen LogP contribution in [0, 0.1) is 6.92 Å². The van der Waals surface area contributed by atoms with E-state index in [0.717, 1.165) is 0 Å². The molecule has 0 saturated heterocycles. The Morgan fingerprint density at radius 3 is 2.76 bits per heavy atom. The fourth-order valence-electron chi connectivity index (χ4n) is 1.52. The van der Waals surface area contributed by atoms with E-state index in [4.69, 9.17) is 10.2 Å². The molecular weight excluding hydrogens is 222 g/mol. The molecule has 2 aromatic heterocycles. The van der Waals surface area contributed by atoms with Crippen LogP contribution >= 0.6 is 0 Å². The van der Waals surface area contributed by atoms with Gasteiger partial charge in [0.1, 0.15) is 22.8 Å². The topological polar surface area (TPSA) is 83.3 Å². The molecule has 2 heterocycles. The number of aryl methyl sites for hydroxylation is 2. The lowest BCUT2D eigenvalue weighted by Crippen LogP contribution is -2.00. The van der Waals surface area contributed by atoms with Gasteiger partial charge in [-0.15, -0.1) is 0 Å². The standard InChI is InChI=1S/C11H13N3O3/c1-6-7(11(15)16-3)4-9(17-6)8-5-10(12)14(2)13-8/h4-5H,12H2,1-3H3. The Labute approximate surface area is 98.0 Å². The minimum absolute atomic E-state index is 0.395. The maximum atomic E-state index is 11.4. The molecule has 0 aliphatic heterocycles. The van der Waals surface area contributed by atoms with Gasteiger partial charge in [0, 0.05) is 19.2 Å². The lowest BCUT2D eigenvalue weighted by Gasteiger charge is -1.93. The number of anilines is 1. The summed E-state index contributed by atoms with van der Waals surface area (Å²) in [5, 5.41) is 4.17. The SMILES string of the molecule is COC(=O)c1cc(-c2cc(N)n(C)n2)oc1C. The fourth-order valence-corrected chi connectivity index (χ4v) is 1.52. The minimum Gasteiger partial charge on any atom is -0.465 e. The molecule has 0 radical (unpaired) electrons. The molecule has 0 amide bonds. The highest BCUT2D eigenvalue weighted by Crippen LogP contribution is 2.25. The van der Waals surface area contributed by atoms with E-state index < -0.39 is 5.97 Å². The summed E-state index contributed by atoms with van der Waals surface area (Å²) >= 11 is 0. The molecule has 0 atom stereocenters. The lowest BCUT2D eigenvalue weighted by molar-refractivity contribution is 0.0599. The molecular formula is C11H13N3O3. The second-order valence-corrected chi connectivity index (χ2v) is 3.65. The molecule has 0 bridgehead atoms. The van der Waals surface area contributed by atoms with E-state index in [1.165, 1.54) is 11.8 Å². The van der Waals surface area contributed by atoms with E-state index >= 15 is 0 Å². The van der Waals surface area contributed by atoms with E-state index in [9.17, 15) is 4.79 Å². The van der Waals surface area contributed by atoms with Gasteiger partial charge in [-0.1, -0.05) is 0 Å². The average molecular weight is 235 g/mol. The predicted octanol–water partition coefficient (Wildman–Crippen LogP) is 1.36. The molecule has 0 fully saturated rings. The first-order valence-corrected chi connectivity index (χ1v) is 5.01. The van der Waals surface area contributed by atoms with Crippen LogP contribution in [-0.4, -0.2) is 22.9 Å². The monoisotopic (exact) mass is 235 g/mol. The van der Waals surface area contributed by atoms with Crippen molar-refractivity contribution in [1.29, 1.82) is 0 Å². The minimum atomic E-state index is -0.429. The van der Waals surface area contributed by atoms with Crippen molar-refractivity contribution in [1.82, 2.24) is 9.78 Å². The first-order valence-electron chi connectivity index (χ1n) is 5.01. The summed E-state index contributed by atoms with van der Waals surface area (Å²) in [5.41, 5.74) is 6.66. The Kier molecular flexibility index (Phi) is 2.63. The largest absolute Gasteiger partial charge is 0.465 e. The molecule has 0 aromatic carbocycles. The zero-order valence-corrected chi connectivity index (χ0v) is 9.85. The van der Waals surface area contributed by atoms with Crippen molar-refractivity contribution < 1.29 is 13.9 Å². The number of carbonyl (C=O) groups excluding carboxylic acids is 1. The van der Waals surface area contributed by atoms with Crippen LogP contribution in [0.4, 0.5) is 5.82 Å². The van der Waals surface area contributed by atoms with E-state index in [1.807, 2.05) is 0 Å². The van der Waals surface area contributed by atoms with Crippen LogP contribution in [0.2, 0.25) is 0 Å². The van der Waals surface area contributed by atoms with Gasteiger partial charge in [-0.3, -0.25) is 4.68 Å². The number of nitrogens with zero attached hydrogens (tertiary/aromatic N) is 2. The van der Waals surface area contributed by atoms with Crippen LogP contribution < -0.4 is 5.73 Å². The number of methoxy groups -OCH3 is 1. The number of hydrogen-bond donors (Lipinski definition) is 1. The molecule has 6 heteroatoms. The summed E-state index contributed by atoms with van der Waals surface area (Å²) < 4.78 is 11.6. The molecule has 2 rings (SSSR count). The zero-order valence-electron chi connectivity index (χ0n) is 9.85. The number of ether oxygens (including phenoxy) is 1. The van der Waals surface area contributed by atoms with Crippen molar-refractivity contribution in [2.45, 2.75) is 6.92 Å². The second kappa shape index (κ2) is 3.97. The van der Waals surface area contributed by atoms with Crippen LogP contribution in [0.1, 0.15) is 16.1 Å². The highest BCUT2D eigenvalue weighted by Gasteiger charge is 2.18. The molecule has 0 aliphatic rings. The summed E-state index contributed by atoms with van der Waals surface area (Å²) in [6.07, 6.45) is 0. The number of esters is 1. The average Bonchev–Trinajstić information content (AvgIpc) is 2.82. The van der Waals surface area contributed by atoms with Crippen LogP contribution in [0.3, 0.4) is 0 Å². The van der Waals surface area contributed by atoms with Gasteiger partial charge in [-0.25, -0.2) is 4.79 Å². The van der Waals surface area contributed by atoms with Gasteiger partial charge in [0.15, 0.2) is 5.76 Å². The molecule has 6 nitrogen and oxygen atoms in total. The van der Waals surface area contributed by atoms with Crippen LogP contribution in [0.5, 0.6) is 0 Å². The molecule has 90 valence electrons. The number of carbonyl (C=O) groups is 1. The summed E-state index contributed by atoms with van der Waals surface area (Å²) in [6.45, 7) is 1.70. The normalized spacial score (nSPS) is 10.5. The third kappa shape index (κ3) is 1.89. The van der Waals surface area contributed by atoms with Gasteiger partial charge in [-0.2, -0.15) is 5.10 Å². The third-order valence-corrected chi connectivity index (χ3v) is 2.49. The Morgan fingerprint density at radius 1 is 1.53 bits per heavy atom. The maximum Gasteiger partial charge on any atom is 0.341 e. The first-order chi connectivity index (χ1) is 8.02. The van der Waals surface area contributed by atoms with Gasteiger partial charge < -0.3 is 14.9 Å². The van der Waals surface area contributed by atoms with Gasteiger partial charge in [0.05, 0.1) is 7.11 Å². The van der Waals surface area contributed by atoms with Crippen molar-refractivity contribution in [3.63, 3.8) is 0 Å². The highest BCUT2D eigenvalue weighted by atomic mass is 16.5. The predicted molar refractivity (Wildman–Crippen MR) is 61.4 cm³/mol. The summed E-state index contributed by atoms with van der Waals surface area (Å²) in [5.74, 6) is 1.08. The van der Waals surface area contributed by atoms with Crippen molar-refractivity contribution in [2.24, 2.45) is 7.05 Å². The third-order valence-electron chi connectivity index (χ3n) is 2.49. The van der Waals surface area contributed by atoms with E-state index in [2.05, 4.69) is 9.84 Å². The van der Waals surface area contributed by atoms with Gasteiger partial charge in [0.2, 0.25) is 0 Å². The Morgan fingerprint density at radius 2 is 2.24 bits per heavy atom. The van der Waals surface area contributed by atoms with Gasteiger partial charge in [-0.05, 0) is 6.92 Å². The van der Waals surface area contributed by atoms with Crippen molar-refractivity contribution in [3.8, 4) is 11.5 Å². The van der Waals surface area contributed by atoms with Crippen LogP contribution in [-0.2, 0) is 11.8 Å². The molecule has 0 aliphatic carbocycles. The quantitative estimate of drug-likeness (QED) is 0.794. The van der Waals surface area contributed by atoms with E-state index in [0.29, 0.717) is 28.6 Å². The molecule has 17 heavy (non-hydrogen) atoms. The zero-order chi connectivity index (χ0) is 12.6. The molecule has 0 saturated carbocycles. The molecule has 0 spiro atoms. The number of rotatable bonds is 2. The van der Waals surface area contributed by atoms with Crippen molar-refractivity contribution in [2.75, 3.05) is 12.8 Å². The van der Waals surface area contributed by atoms with Crippen molar-refractivity contribution >= 4 is 11.8 Å². The van der Waals surface area contributed by atoms with Crippen molar-refractivity contribution in [3.05, 3.63) is 23.5 Å². The Hall–Kier alpha value is -2.24. The summed E-state index contributed by atoms with van der Waals surface area (Å²) in [6, 6.07) is 3.28. The Bertz CT molecular complexity index is 549. The lowest BCUT2D eigenvalue weighted by atomic mass is 10.2. The number of nitrogen functional groups attached to an aromatic ring is 1. The first kappa shape index (κ1) is 11.3. The number of nitrogens with two attached hydrogens (primary N) is 1. The van der Waals surface area contributed by atoms with Crippen LogP contribution in [0.25, 0.3) is 11.5 Å².